The Balaban J connectivity index is 1.35. The number of carbonyl (C=O) groups excluding carboxylic acids is 3. The number of anilines is 2. The third-order valence-corrected chi connectivity index (χ3v) is 6.67. The van der Waals surface area contributed by atoms with Crippen molar-refractivity contribution >= 4 is 40.7 Å². The number of amides is 2. The van der Waals surface area contributed by atoms with Crippen LogP contribution in [0, 0.1) is 5.82 Å². The van der Waals surface area contributed by atoms with Crippen LogP contribution in [-0.4, -0.2) is 53.9 Å². The fourth-order valence-electron chi connectivity index (χ4n) is 3.69. The summed E-state index contributed by atoms with van der Waals surface area (Å²) in [6.45, 7) is 3.32. The van der Waals surface area contributed by atoms with Gasteiger partial charge >= 0.3 is 0 Å². The van der Waals surface area contributed by atoms with Crippen molar-refractivity contribution in [2.75, 3.05) is 36.4 Å². The number of benzene rings is 2. The average molecular weight is 428 g/mol. The molecule has 4 rings (SSSR count). The molecule has 0 spiro atoms. The van der Waals surface area contributed by atoms with E-state index < -0.39 is 11.1 Å². The molecule has 1 N–H and O–H groups in total. The van der Waals surface area contributed by atoms with Crippen LogP contribution in [0.4, 0.5) is 15.8 Å². The molecule has 2 aromatic carbocycles. The third kappa shape index (κ3) is 4.18. The zero-order valence-electron chi connectivity index (χ0n) is 16.6. The van der Waals surface area contributed by atoms with Crippen LogP contribution in [0.25, 0.3) is 0 Å². The van der Waals surface area contributed by atoms with Crippen molar-refractivity contribution in [1.82, 2.24) is 4.90 Å². The SMILES string of the molecule is CC(=O)c1ccc(N2CCN(C(=O)CC3Sc4ccccc4NC3=O)CC2)c(F)c1. The highest BCUT2D eigenvalue weighted by Gasteiger charge is 2.31. The molecule has 8 heteroatoms. The van der Waals surface area contributed by atoms with Gasteiger partial charge in [-0.1, -0.05) is 12.1 Å². The highest BCUT2D eigenvalue weighted by atomic mass is 32.2. The molecule has 0 aliphatic carbocycles. The molecule has 6 nitrogen and oxygen atoms in total. The fourth-order valence-corrected chi connectivity index (χ4v) is 4.80. The Morgan fingerprint density at radius 1 is 1.13 bits per heavy atom. The molecule has 1 unspecified atom stereocenters. The number of nitrogens with zero attached hydrogens (tertiary/aromatic N) is 2. The smallest absolute Gasteiger partial charge is 0.238 e. The van der Waals surface area contributed by atoms with Gasteiger partial charge in [-0.3, -0.25) is 14.4 Å². The van der Waals surface area contributed by atoms with E-state index in [0.717, 1.165) is 10.6 Å². The lowest BCUT2D eigenvalue weighted by molar-refractivity contribution is -0.132. The Kier molecular flexibility index (Phi) is 5.76. The number of hydrogen-bond donors (Lipinski definition) is 1. The first-order chi connectivity index (χ1) is 14.4. The molecule has 0 radical (unpaired) electrons. The first-order valence-corrected chi connectivity index (χ1v) is 10.7. The monoisotopic (exact) mass is 427 g/mol. The van der Waals surface area contributed by atoms with E-state index in [1.54, 1.807) is 17.0 Å². The van der Waals surface area contributed by atoms with Crippen LogP contribution in [-0.2, 0) is 9.59 Å². The van der Waals surface area contributed by atoms with Gasteiger partial charge in [-0.15, -0.1) is 11.8 Å². The summed E-state index contributed by atoms with van der Waals surface area (Å²) >= 11 is 1.41. The maximum Gasteiger partial charge on any atom is 0.238 e. The molecular formula is C22H22FN3O3S. The van der Waals surface area contributed by atoms with Crippen molar-refractivity contribution in [1.29, 1.82) is 0 Å². The lowest BCUT2D eigenvalue weighted by atomic mass is 10.1. The van der Waals surface area contributed by atoms with E-state index in [0.29, 0.717) is 37.4 Å². The van der Waals surface area contributed by atoms with Gasteiger partial charge < -0.3 is 15.1 Å². The molecule has 1 atom stereocenters. The second-order valence-electron chi connectivity index (χ2n) is 7.39. The maximum absolute atomic E-state index is 14.4. The maximum atomic E-state index is 14.4. The fraction of sp³-hybridized carbons (Fsp3) is 0.318. The number of hydrogen-bond acceptors (Lipinski definition) is 5. The van der Waals surface area contributed by atoms with Crippen LogP contribution in [0.3, 0.4) is 0 Å². The molecular weight excluding hydrogens is 405 g/mol. The van der Waals surface area contributed by atoms with Crippen molar-refractivity contribution in [3.05, 3.63) is 53.8 Å². The Morgan fingerprint density at radius 2 is 1.87 bits per heavy atom. The van der Waals surface area contributed by atoms with Crippen LogP contribution in [0.5, 0.6) is 0 Å². The van der Waals surface area contributed by atoms with Gasteiger partial charge in [0.2, 0.25) is 11.8 Å². The highest BCUT2D eigenvalue weighted by Crippen LogP contribution is 2.36. The van der Waals surface area contributed by atoms with Gasteiger partial charge in [0.1, 0.15) is 5.82 Å². The summed E-state index contributed by atoms with van der Waals surface area (Å²) in [7, 11) is 0. The Labute approximate surface area is 178 Å². The number of rotatable bonds is 4. The molecule has 1 saturated heterocycles. The normalized spacial score (nSPS) is 18.6. The lowest BCUT2D eigenvalue weighted by Gasteiger charge is -2.37. The second-order valence-corrected chi connectivity index (χ2v) is 8.63. The topological polar surface area (TPSA) is 69.7 Å². The number of fused-ring (bicyclic) bond motifs is 1. The number of halogens is 1. The van der Waals surface area contributed by atoms with Crippen molar-refractivity contribution in [2.24, 2.45) is 0 Å². The summed E-state index contributed by atoms with van der Waals surface area (Å²) in [5, 5.41) is 2.40. The van der Waals surface area contributed by atoms with E-state index in [2.05, 4.69) is 5.32 Å². The minimum absolute atomic E-state index is 0.0749. The predicted molar refractivity (Wildman–Crippen MR) is 115 cm³/mol. The van der Waals surface area contributed by atoms with Crippen LogP contribution in [0.2, 0.25) is 0 Å². The number of para-hydroxylation sites is 1. The van der Waals surface area contributed by atoms with E-state index in [9.17, 15) is 18.8 Å². The Morgan fingerprint density at radius 3 is 2.57 bits per heavy atom. The average Bonchev–Trinajstić information content (AvgIpc) is 2.74. The summed E-state index contributed by atoms with van der Waals surface area (Å²) in [5.41, 5.74) is 1.56. The van der Waals surface area contributed by atoms with Crippen molar-refractivity contribution in [3.63, 3.8) is 0 Å². The number of thioether (sulfide) groups is 1. The predicted octanol–water partition coefficient (Wildman–Crippen LogP) is 3.18. The van der Waals surface area contributed by atoms with Gasteiger partial charge in [0, 0.05) is 43.1 Å². The van der Waals surface area contributed by atoms with E-state index in [4.69, 9.17) is 0 Å². The molecule has 1 fully saturated rings. The second kappa shape index (κ2) is 8.47. The summed E-state index contributed by atoms with van der Waals surface area (Å²) in [4.78, 5) is 41.1. The lowest BCUT2D eigenvalue weighted by Crippen LogP contribution is -2.50. The summed E-state index contributed by atoms with van der Waals surface area (Å²) < 4.78 is 14.4. The highest BCUT2D eigenvalue weighted by molar-refractivity contribution is 8.01. The number of Topliss-reactive ketones (excluding diaryl/α,β-unsaturated/α-hetero) is 1. The third-order valence-electron chi connectivity index (χ3n) is 5.39. The molecule has 2 aliphatic heterocycles. The summed E-state index contributed by atoms with van der Waals surface area (Å²) in [6, 6.07) is 12.0. The van der Waals surface area contributed by atoms with Crippen molar-refractivity contribution < 1.29 is 18.8 Å². The molecule has 2 aromatic rings. The van der Waals surface area contributed by atoms with E-state index in [1.807, 2.05) is 29.2 Å². The standard InChI is InChI=1S/C22H22FN3O3S/c1-14(27)15-6-7-18(16(23)12-15)25-8-10-26(11-9-25)21(28)13-20-22(29)24-17-4-2-3-5-19(17)30-20/h2-7,12,20H,8-11,13H2,1H3,(H,24,29). The largest absolute Gasteiger partial charge is 0.366 e. The van der Waals surface area contributed by atoms with E-state index in [-0.39, 0.29) is 24.0 Å². The molecule has 0 aromatic heterocycles. The van der Waals surface area contributed by atoms with E-state index in [1.165, 1.54) is 24.8 Å². The minimum atomic E-state index is -0.456. The molecule has 30 heavy (non-hydrogen) atoms. The number of carbonyl (C=O) groups is 3. The molecule has 156 valence electrons. The van der Waals surface area contributed by atoms with Crippen LogP contribution in [0.1, 0.15) is 23.7 Å². The van der Waals surface area contributed by atoms with Crippen LogP contribution in [0.15, 0.2) is 47.4 Å². The number of piperazine rings is 1. The van der Waals surface area contributed by atoms with Gasteiger partial charge in [-0.05, 0) is 37.3 Å². The van der Waals surface area contributed by atoms with Gasteiger partial charge in [-0.2, -0.15) is 0 Å². The minimum Gasteiger partial charge on any atom is -0.366 e. The molecule has 2 amide bonds. The first-order valence-electron chi connectivity index (χ1n) is 9.82. The summed E-state index contributed by atoms with van der Waals surface area (Å²) in [5.74, 6) is -0.841. The van der Waals surface area contributed by atoms with Gasteiger partial charge in [0.25, 0.3) is 0 Å². The number of ketones is 1. The number of nitrogens with one attached hydrogen (secondary N) is 1. The van der Waals surface area contributed by atoms with Gasteiger partial charge in [0.05, 0.1) is 16.6 Å². The zero-order valence-corrected chi connectivity index (χ0v) is 17.4. The molecule has 0 saturated carbocycles. The van der Waals surface area contributed by atoms with Gasteiger partial charge in [0.15, 0.2) is 5.78 Å². The molecule has 2 heterocycles. The van der Waals surface area contributed by atoms with Gasteiger partial charge in [-0.25, -0.2) is 4.39 Å². The Bertz CT molecular complexity index is 1000. The van der Waals surface area contributed by atoms with E-state index >= 15 is 0 Å². The summed E-state index contributed by atoms with van der Waals surface area (Å²) in [6.07, 6.45) is 0.131. The quantitative estimate of drug-likeness (QED) is 0.759. The Hall–Kier alpha value is -2.87. The molecule has 2 aliphatic rings. The zero-order chi connectivity index (χ0) is 21.3. The van der Waals surface area contributed by atoms with Crippen molar-refractivity contribution in [2.45, 2.75) is 23.5 Å². The molecule has 0 bridgehead atoms. The van der Waals surface area contributed by atoms with Crippen LogP contribution >= 0.6 is 11.8 Å². The first kappa shape index (κ1) is 20.4. The van der Waals surface area contributed by atoms with Crippen molar-refractivity contribution in [3.8, 4) is 0 Å². The van der Waals surface area contributed by atoms with Crippen LogP contribution < -0.4 is 10.2 Å².